The fourth-order valence-corrected chi connectivity index (χ4v) is 11.6. The number of esters is 1. The van der Waals surface area contributed by atoms with Crippen molar-refractivity contribution in [2.24, 2.45) is 17.4 Å². The summed E-state index contributed by atoms with van der Waals surface area (Å²) in [6, 6.07) is 0.300. The number of nitrogens with zero attached hydrogens (tertiary/aromatic N) is 2. The third kappa shape index (κ3) is 15.2. The number of alkyl halides is 2. The number of anilines is 2. The van der Waals surface area contributed by atoms with Crippen LogP contribution in [0.5, 0.6) is 5.75 Å². The number of hydrogen-bond donors (Lipinski definition) is 10. The van der Waals surface area contributed by atoms with Gasteiger partial charge in [0.05, 0.1) is 67.0 Å². The number of aliphatic hydroxyl groups is 1. The number of carbonyl (C=O) groups excluding carboxylic acids is 5. The van der Waals surface area contributed by atoms with Crippen LogP contribution in [0.4, 0.5) is 28.9 Å². The Morgan fingerprint density at radius 3 is 2.01 bits per heavy atom. The number of carboxylic acid groups (broad SMARTS) is 3. The van der Waals surface area contributed by atoms with Crippen LogP contribution < -0.4 is 43.0 Å². The Hall–Kier alpha value is -7.72. The highest BCUT2D eigenvalue weighted by atomic mass is 32.2. The summed E-state index contributed by atoms with van der Waals surface area (Å²) in [6.07, 6.45) is -0.914. The number of amides is 4. The van der Waals surface area contributed by atoms with Gasteiger partial charge in [-0.25, -0.2) is 32.1 Å². The number of ether oxygens (including phenoxy) is 5. The summed E-state index contributed by atoms with van der Waals surface area (Å²) in [7, 11) is 0. The molecule has 0 fully saturated rings. The fourth-order valence-electron chi connectivity index (χ4n) is 9.50. The quantitative estimate of drug-likeness (QED) is 0.0137. The van der Waals surface area contributed by atoms with E-state index >= 15 is 17.6 Å². The molecule has 4 amide bonds. The largest absolute Gasteiger partial charge is 0.485 e. The second-order valence-corrected chi connectivity index (χ2v) is 22.5. The minimum absolute atomic E-state index is 0.00181. The summed E-state index contributed by atoms with van der Waals surface area (Å²) in [5.41, 5.74) is 8.48. The number of carboxylic acids is 3. The molecule has 1 aliphatic carbocycles. The number of rotatable bonds is 30. The molecule has 2 aliphatic heterocycles. The number of aromatic nitrogens is 2. The van der Waals surface area contributed by atoms with Crippen molar-refractivity contribution in [2.45, 2.75) is 95.8 Å². The fraction of sp³-hybridized carbons (Fsp3) is 0.455. The van der Waals surface area contributed by atoms with E-state index in [0.29, 0.717) is 41.2 Å². The second kappa shape index (κ2) is 28.4. The zero-order chi connectivity index (χ0) is 63.8. The summed E-state index contributed by atoms with van der Waals surface area (Å²) >= 11 is 0.768. The van der Waals surface area contributed by atoms with Gasteiger partial charge in [0.2, 0.25) is 17.7 Å². The van der Waals surface area contributed by atoms with Crippen LogP contribution in [0.1, 0.15) is 68.4 Å². The third-order valence-corrected chi connectivity index (χ3v) is 16.6. The van der Waals surface area contributed by atoms with Gasteiger partial charge in [-0.15, -0.1) is 23.5 Å². The van der Waals surface area contributed by atoms with E-state index in [1.54, 1.807) is 20.8 Å². The number of nitrogens with one attached hydrogen (secondary N) is 4. The van der Waals surface area contributed by atoms with Crippen LogP contribution in [0.25, 0.3) is 22.3 Å². The molecule has 0 saturated heterocycles. The second-order valence-electron chi connectivity index (χ2n) is 20.4. The van der Waals surface area contributed by atoms with Crippen LogP contribution in [0.15, 0.2) is 44.9 Å². The molecule has 0 unspecified atom stereocenters. The van der Waals surface area contributed by atoms with Crippen LogP contribution in [0.3, 0.4) is 0 Å². The molecular weight excluding hydrogens is 1200 g/mol. The van der Waals surface area contributed by atoms with Crippen molar-refractivity contribution in [1.82, 2.24) is 20.2 Å². The normalized spacial score (nSPS) is 17.1. The van der Waals surface area contributed by atoms with Gasteiger partial charge in [-0.3, -0.25) is 33.6 Å². The van der Waals surface area contributed by atoms with Gasteiger partial charge in [0.25, 0.3) is 17.4 Å². The van der Waals surface area contributed by atoms with Gasteiger partial charge in [-0.05, 0) is 49.4 Å². The van der Waals surface area contributed by atoms with Crippen LogP contribution in [-0.2, 0) is 88.4 Å². The van der Waals surface area contributed by atoms with Gasteiger partial charge >= 0.3 is 23.9 Å². The van der Waals surface area contributed by atoms with Gasteiger partial charge in [0.15, 0.2) is 23.0 Å². The number of halogens is 4. The molecule has 2 aromatic heterocycles. The number of carbonyl (C=O) groups is 8. The van der Waals surface area contributed by atoms with E-state index in [9.17, 15) is 53.4 Å². The molecule has 87 heavy (non-hydrogen) atoms. The molecule has 2 aromatic carbocycles. The van der Waals surface area contributed by atoms with Crippen LogP contribution in [0, 0.1) is 17.6 Å². The monoisotopic (exact) mass is 1260 g/mol. The Morgan fingerprint density at radius 1 is 0.805 bits per heavy atom. The molecule has 470 valence electrons. The van der Waals surface area contributed by atoms with E-state index in [1.165, 1.54) is 29.7 Å². The maximum Gasteiger partial charge on any atom is 0.343 e. The molecular formula is C55H62F4N8O18S2. The maximum absolute atomic E-state index is 16.2. The van der Waals surface area contributed by atoms with E-state index < -0.39 is 159 Å². The third-order valence-electron chi connectivity index (χ3n) is 14.1. The Labute approximate surface area is 500 Å². The molecule has 4 aromatic rings. The van der Waals surface area contributed by atoms with E-state index in [4.69, 9.17) is 50.3 Å². The predicted molar refractivity (Wildman–Crippen MR) is 303 cm³/mol. The number of benzene rings is 2. The lowest BCUT2D eigenvalue weighted by atomic mass is 9.83. The lowest BCUT2D eigenvalue weighted by Crippen LogP contribution is -2.54. The minimum Gasteiger partial charge on any atom is -0.485 e. The molecule has 26 nitrogen and oxygen atoms in total. The first-order valence-corrected chi connectivity index (χ1v) is 28.9. The molecule has 3 aliphatic rings. The van der Waals surface area contributed by atoms with Crippen molar-refractivity contribution < 1.29 is 100 Å². The number of aliphatic carboxylic acids is 3. The van der Waals surface area contributed by atoms with Gasteiger partial charge in [0.1, 0.15) is 48.9 Å². The highest BCUT2D eigenvalue weighted by Gasteiger charge is 2.48. The van der Waals surface area contributed by atoms with Crippen LogP contribution in [-0.4, -0.2) is 159 Å². The number of hydrogen-bond acceptors (Lipinski definition) is 20. The predicted octanol–water partition coefficient (Wildman–Crippen LogP) is 2.63. The minimum atomic E-state index is -3.38. The van der Waals surface area contributed by atoms with E-state index in [2.05, 4.69) is 21.3 Å². The summed E-state index contributed by atoms with van der Waals surface area (Å²) in [6.45, 7) is 4.54. The van der Waals surface area contributed by atoms with Gasteiger partial charge in [0, 0.05) is 63.5 Å². The van der Waals surface area contributed by atoms with Crippen molar-refractivity contribution in [3.63, 3.8) is 0 Å². The van der Waals surface area contributed by atoms with Crippen molar-refractivity contribution in [1.29, 1.82) is 0 Å². The number of aryl methyl sites for hydroxylation is 1. The first-order chi connectivity index (χ1) is 41.1. The first kappa shape index (κ1) is 66.8. The molecule has 32 heteroatoms. The molecule has 0 spiro atoms. The molecule has 12 N–H and O–H groups in total. The average Bonchev–Trinajstić information content (AvgIpc) is 1.68. The summed E-state index contributed by atoms with van der Waals surface area (Å²) in [4.78, 5) is 118. The van der Waals surface area contributed by atoms with Crippen LogP contribution >= 0.6 is 23.5 Å². The lowest BCUT2D eigenvalue weighted by Gasteiger charge is -2.31. The standard InChI is InChI=1S/C55H62F4N8O18S2/c1-5-54(80)30-18-37-42-28(19-67(37)49(72)29(30)20-85-53(54)79)40-39-27(8-9-55(40,58)59)35(6-7-36(39)64-42)65-46(69)25(4)62-47(70)41(24(2)3)66-38(68)21-83-13-12-81-10-11-82-14-15-84-43-31(56)16-26(17-32(43)57)63-48(71)44(86-22-33(60)50(73)74)45(52(77)78)87-23-34(61)51(75)76/h6-7,16-18,24-25,33-34,41,80H,5,8-15,19-23,60-61H2,1-4H3,(H,62,70)(H,63,71)(H,65,69)(H,66,68)(H,73,74)(H,75,76)(H,77,78)/b45-44-/t25-,33-,34-,41-,54-/m0/s1. The van der Waals surface area contributed by atoms with Crippen molar-refractivity contribution in [2.75, 3.05) is 68.4 Å². The molecule has 5 atom stereocenters. The lowest BCUT2D eigenvalue weighted by molar-refractivity contribution is -0.172. The molecule has 0 radical (unpaired) electrons. The number of nitrogens with two attached hydrogens (primary N) is 2. The average molecular weight is 1260 g/mol. The molecule has 0 saturated carbocycles. The van der Waals surface area contributed by atoms with E-state index in [1.807, 2.05) is 0 Å². The zero-order valence-corrected chi connectivity index (χ0v) is 48.7. The smallest absolute Gasteiger partial charge is 0.343 e. The Kier molecular flexibility index (Phi) is 21.8. The maximum atomic E-state index is 16.2. The highest BCUT2D eigenvalue weighted by Crippen LogP contribution is 2.50. The Balaban J connectivity index is 0.836. The van der Waals surface area contributed by atoms with Gasteiger partial charge < -0.3 is 81.4 Å². The van der Waals surface area contributed by atoms with Crippen molar-refractivity contribution in [3.05, 3.63) is 89.9 Å². The SMILES string of the molecule is CC[C@@]1(O)C(=O)OCc2c1cc1n(c2=O)Cc2c-1nc1ccc(NC(=O)[C@H](C)NC(=O)[C@@H](NC(=O)COCCOCCOCCOc3c(F)cc(NC(=O)/C(SC[C@H](N)C(=O)O)=C(/SC[C@H](N)C(=O)O)C(=O)O)cc3F)C(C)C)c3c1c2C(F)(F)CC3. The number of cyclic esters (lactones) is 1. The Bertz CT molecular complexity index is 3480. The first-order valence-electron chi connectivity index (χ1n) is 26.9. The summed E-state index contributed by atoms with van der Waals surface area (Å²) in [5.74, 6) is -17.2. The van der Waals surface area contributed by atoms with Gasteiger partial charge in [-0.1, -0.05) is 20.8 Å². The molecule has 4 heterocycles. The Morgan fingerprint density at radius 2 is 1.41 bits per heavy atom. The number of fused-ring (bicyclic) bond motifs is 5. The van der Waals surface area contributed by atoms with E-state index in [0.717, 1.165) is 0 Å². The van der Waals surface area contributed by atoms with Gasteiger partial charge in [-0.2, -0.15) is 0 Å². The number of thioether (sulfide) groups is 2. The van der Waals surface area contributed by atoms with Crippen LogP contribution in [0.2, 0.25) is 0 Å². The zero-order valence-electron chi connectivity index (χ0n) is 47.1. The van der Waals surface area contributed by atoms with Crippen molar-refractivity contribution in [3.8, 4) is 17.1 Å². The van der Waals surface area contributed by atoms with E-state index in [-0.39, 0.29) is 109 Å². The topological polar surface area (TPSA) is 399 Å². The summed E-state index contributed by atoms with van der Waals surface area (Å²) < 4.78 is 90.1. The molecule has 7 rings (SSSR count). The highest BCUT2D eigenvalue weighted by molar-refractivity contribution is 8.08. The number of pyridine rings is 2. The summed E-state index contributed by atoms with van der Waals surface area (Å²) in [5, 5.41) is 49.4. The van der Waals surface area contributed by atoms with Crippen molar-refractivity contribution >= 4 is 93.3 Å². The molecule has 0 bridgehead atoms.